The van der Waals surface area contributed by atoms with Gasteiger partial charge in [-0.05, 0) is 83.5 Å². The Hall–Kier alpha value is -3.32. The molecule has 1 fully saturated rings. The summed E-state index contributed by atoms with van der Waals surface area (Å²) in [6.07, 6.45) is 54.9. The van der Waals surface area contributed by atoms with Crippen molar-refractivity contribution >= 4 is 23.9 Å². The Kier molecular flexibility index (Phi) is 51.5. The summed E-state index contributed by atoms with van der Waals surface area (Å²) in [5.74, 6) is -3.11. The molecule has 6 atom stereocenters. The molecule has 1 heterocycles. The van der Waals surface area contributed by atoms with Gasteiger partial charge >= 0.3 is 23.9 Å². The van der Waals surface area contributed by atoms with Gasteiger partial charge in [-0.15, -0.1) is 0 Å². The lowest BCUT2D eigenvalue weighted by molar-refractivity contribution is -0.301. The molecule has 12 heteroatoms. The number of unbranched alkanes of at least 4 members (excludes halogenated alkanes) is 34. The fourth-order valence-corrected chi connectivity index (χ4v) is 9.84. The lowest BCUT2D eigenvalue weighted by Crippen LogP contribution is -2.61. The molecule has 0 amide bonds. The molecule has 0 saturated carbocycles. The number of allylic oxidation sites excluding steroid dienone is 8. The molecule has 79 heavy (non-hydrogen) atoms. The second-order valence-electron chi connectivity index (χ2n) is 22.4. The smallest absolute Gasteiger partial charge is 0.335 e. The van der Waals surface area contributed by atoms with E-state index in [4.69, 9.17) is 23.7 Å². The Balaban J connectivity index is 2.65. The average molecular weight is 1120 g/mol. The molecule has 0 aliphatic carbocycles. The van der Waals surface area contributed by atoms with E-state index >= 15 is 0 Å². The van der Waals surface area contributed by atoms with Crippen LogP contribution in [-0.4, -0.2) is 89.2 Å². The van der Waals surface area contributed by atoms with Gasteiger partial charge in [0.1, 0.15) is 18.8 Å². The highest BCUT2D eigenvalue weighted by molar-refractivity contribution is 5.74. The van der Waals surface area contributed by atoms with Gasteiger partial charge in [-0.25, -0.2) is 4.79 Å². The number of hydrogen-bond donors (Lipinski definition) is 3. The van der Waals surface area contributed by atoms with E-state index in [1.165, 1.54) is 148 Å². The molecular weight excluding hydrogens is 997 g/mol. The van der Waals surface area contributed by atoms with Crippen LogP contribution in [0.2, 0.25) is 0 Å². The third kappa shape index (κ3) is 45.0. The molecule has 0 aromatic carbocycles. The van der Waals surface area contributed by atoms with Crippen molar-refractivity contribution in [1.29, 1.82) is 0 Å². The van der Waals surface area contributed by atoms with Gasteiger partial charge in [0.2, 0.25) is 0 Å². The largest absolute Gasteiger partial charge is 0.479 e. The summed E-state index contributed by atoms with van der Waals surface area (Å²) >= 11 is 0. The molecule has 1 saturated heterocycles. The first-order valence-electron chi connectivity index (χ1n) is 32.6. The summed E-state index contributed by atoms with van der Waals surface area (Å²) in [5, 5.41) is 31.6. The number of aliphatic carboxylic acids is 1. The number of aliphatic hydroxyl groups excluding tert-OH is 2. The van der Waals surface area contributed by atoms with Crippen LogP contribution in [0.3, 0.4) is 0 Å². The number of rotatable bonds is 56. The Morgan fingerprint density at radius 3 is 1.16 bits per heavy atom. The van der Waals surface area contributed by atoms with E-state index in [0.717, 1.165) is 96.3 Å². The van der Waals surface area contributed by atoms with Crippen LogP contribution in [0.4, 0.5) is 0 Å². The number of hydrogen-bond acceptors (Lipinski definition) is 11. The number of carbonyl (C=O) groups excluding carboxylic acids is 3. The van der Waals surface area contributed by atoms with E-state index in [1.54, 1.807) is 0 Å². The summed E-state index contributed by atoms with van der Waals surface area (Å²) in [5.41, 5.74) is 0. The van der Waals surface area contributed by atoms with Crippen molar-refractivity contribution in [2.45, 2.75) is 340 Å². The summed E-state index contributed by atoms with van der Waals surface area (Å²) in [4.78, 5) is 51.3. The van der Waals surface area contributed by atoms with Crippen molar-refractivity contribution in [2.75, 3.05) is 13.2 Å². The van der Waals surface area contributed by atoms with Crippen LogP contribution in [0.15, 0.2) is 48.6 Å². The number of aliphatic hydroxyl groups is 2. The summed E-state index contributed by atoms with van der Waals surface area (Å²) in [7, 11) is 0. The second kappa shape index (κ2) is 55.2. The van der Waals surface area contributed by atoms with Crippen LogP contribution in [0, 0.1) is 0 Å². The van der Waals surface area contributed by atoms with Crippen molar-refractivity contribution in [3.8, 4) is 0 Å². The lowest BCUT2D eigenvalue weighted by atomic mass is 9.98. The normalized spacial score (nSPS) is 18.1. The Morgan fingerprint density at radius 2 is 0.759 bits per heavy atom. The minimum absolute atomic E-state index is 0.0463. The van der Waals surface area contributed by atoms with Crippen LogP contribution >= 0.6 is 0 Å². The number of ether oxygens (including phenoxy) is 5. The van der Waals surface area contributed by atoms with Crippen molar-refractivity contribution in [1.82, 2.24) is 0 Å². The quantitative estimate of drug-likeness (QED) is 0.0228. The molecule has 0 bridgehead atoms. The maximum atomic E-state index is 13.2. The summed E-state index contributed by atoms with van der Waals surface area (Å²) in [6, 6.07) is 0. The van der Waals surface area contributed by atoms with Gasteiger partial charge in [0.25, 0.3) is 0 Å². The highest BCUT2D eigenvalue weighted by Gasteiger charge is 2.50. The molecule has 0 aromatic heterocycles. The van der Waals surface area contributed by atoms with Gasteiger partial charge in [-0.1, -0.05) is 249 Å². The van der Waals surface area contributed by atoms with Crippen molar-refractivity contribution < 1.29 is 58.2 Å². The van der Waals surface area contributed by atoms with E-state index in [0.29, 0.717) is 19.3 Å². The fraction of sp³-hybridized carbons (Fsp3) is 0.821. The molecular formula is C67H118O12. The molecule has 1 aliphatic heterocycles. The van der Waals surface area contributed by atoms with Crippen molar-refractivity contribution in [3.63, 3.8) is 0 Å². The van der Waals surface area contributed by atoms with E-state index < -0.39 is 67.3 Å². The first-order chi connectivity index (χ1) is 38.6. The predicted molar refractivity (Wildman–Crippen MR) is 322 cm³/mol. The zero-order chi connectivity index (χ0) is 57.5. The Bertz CT molecular complexity index is 1560. The summed E-state index contributed by atoms with van der Waals surface area (Å²) < 4.78 is 28.5. The first-order valence-corrected chi connectivity index (χ1v) is 32.6. The fourth-order valence-electron chi connectivity index (χ4n) is 9.84. The number of esters is 3. The van der Waals surface area contributed by atoms with Crippen LogP contribution in [0.5, 0.6) is 0 Å². The topological polar surface area (TPSA) is 175 Å². The van der Waals surface area contributed by atoms with Gasteiger partial charge in [0.15, 0.2) is 24.6 Å². The third-order valence-electron chi connectivity index (χ3n) is 14.9. The monoisotopic (exact) mass is 1110 g/mol. The standard InChI is InChI=1S/C67H118O12/c1-4-7-10-13-16-19-22-25-28-29-30-31-34-35-38-41-44-47-50-53-59(68)75-56-58(77-60(69)54-51-48-45-42-39-36-32-26-23-20-17-14-11-8-5-2)57-76-67-65(63(72)62(71)64(79-67)66(73)74)78-61(70)55-52-49-46-43-40-37-33-27-24-21-18-15-12-9-6-3/h16,18-19,21,25,27-28,33,58,62-65,67,71-72H,4-15,17,20,22-24,26,29-32,34-57H2,1-3H3,(H,73,74)/b19-16-,21-18-,28-25-,33-27-. The second-order valence-corrected chi connectivity index (χ2v) is 22.4. The minimum atomic E-state index is -1.91. The zero-order valence-corrected chi connectivity index (χ0v) is 50.6. The SMILES string of the molecule is CCCCC/C=C\C/C=C\CCCCCCCCCCCC(=O)OCC(COC1OC(C(=O)O)C(O)C(O)C1OC(=O)CCCCCCC/C=C\C/C=C\CCCCC)OC(=O)CCCCCCCCCCCCCCCCC. The van der Waals surface area contributed by atoms with Crippen LogP contribution in [0.1, 0.15) is 303 Å². The van der Waals surface area contributed by atoms with Crippen LogP contribution in [0.25, 0.3) is 0 Å². The van der Waals surface area contributed by atoms with E-state index in [2.05, 4.69) is 69.4 Å². The molecule has 0 spiro atoms. The van der Waals surface area contributed by atoms with Gasteiger partial charge < -0.3 is 39.0 Å². The molecule has 0 radical (unpaired) electrons. The first kappa shape index (κ1) is 73.7. The van der Waals surface area contributed by atoms with Crippen molar-refractivity contribution in [2.24, 2.45) is 0 Å². The van der Waals surface area contributed by atoms with Gasteiger partial charge in [-0.2, -0.15) is 0 Å². The zero-order valence-electron chi connectivity index (χ0n) is 50.6. The van der Waals surface area contributed by atoms with Gasteiger partial charge in [-0.3, -0.25) is 14.4 Å². The molecule has 6 unspecified atom stereocenters. The minimum Gasteiger partial charge on any atom is -0.479 e. The van der Waals surface area contributed by atoms with Crippen LogP contribution < -0.4 is 0 Å². The molecule has 1 rings (SSSR count). The van der Waals surface area contributed by atoms with Gasteiger partial charge in [0.05, 0.1) is 6.61 Å². The maximum absolute atomic E-state index is 13.2. The maximum Gasteiger partial charge on any atom is 0.335 e. The van der Waals surface area contributed by atoms with Crippen LogP contribution in [-0.2, 0) is 42.9 Å². The number of carboxylic acid groups (broad SMARTS) is 1. The average Bonchev–Trinajstić information content (AvgIpc) is 3.46. The van der Waals surface area contributed by atoms with Crippen molar-refractivity contribution in [3.05, 3.63) is 48.6 Å². The molecule has 458 valence electrons. The highest BCUT2D eigenvalue weighted by Crippen LogP contribution is 2.27. The molecule has 0 aromatic rings. The van der Waals surface area contributed by atoms with E-state index in [-0.39, 0.29) is 25.9 Å². The van der Waals surface area contributed by atoms with Gasteiger partial charge in [0, 0.05) is 19.3 Å². The molecule has 1 aliphatic rings. The van der Waals surface area contributed by atoms with E-state index in [9.17, 15) is 34.5 Å². The molecule has 3 N–H and O–H groups in total. The number of carbonyl (C=O) groups is 4. The lowest BCUT2D eigenvalue weighted by Gasteiger charge is -2.40. The third-order valence-corrected chi connectivity index (χ3v) is 14.9. The molecule has 12 nitrogen and oxygen atoms in total. The highest BCUT2D eigenvalue weighted by atomic mass is 16.7. The Labute approximate surface area is 482 Å². The number of carboxylic acids is 1. The Morgan fingerprint density at radius 1 is 0.418 bits per heavy atom. The summed E-state index contributed by atoms with van der Waals surface area (Å²) in [6.45, 7) is 5.97. The van der Waals surface area contributed by atoms with E-state index in [1.807, 2.05) is 0 Å². The predicted octanol–water partition coefficient (Wildman–Crippen LogP) is 17.3.